The van der Waals surface area contributed by atoms with Gasteiger partial charge in [-0.2, -0.15) is 5.10 Å². The minimum Gasteiger partial charge on any atom is -0.351 e. The maximum atomic E-state index is 12.3. The number of aryl methyl sites for hydroxylation is 2. The van der Waals surface area contributed by atoms with Crippen molar-refractivity contribution in [3.63, 3.8) is 0 Å². The number of hydrogen-bond acceptors (Lipinski definition) is 3. The van der Waals surface area contributed by atoms with E-state index >= 15 is 0 Å². The molecule has 3 atom stereocenters. The van der Waals surface area contributed by atoms with E-state index in [0.29, 0.717) is 12.5 Å². The van der Waals surface area contributed by atoms with Crippen molar-refractivity contribution >= 4 is 5.91 Å². The quantitative estimate of drug-likeness (QED) is 0.844. The second-order valence-electron chi connectivity index (χ2n) is 5.87. The first-order chi connectivity index (χ1) is 9.15. The lowest BCUT2D eigenvalue weighted by Crippen LogP contribution is -2.43. The number of carbonyl (C=O) groups excluding carboxylic acids is 1. The van der Waals surface area contributed by atoms with Gasteiger partial charge in [-0.3, -0.25) is 9.48 Å². The first-order valence-corrected chi connectivity index (χ1v) is 7.15. The molecule has 1 aromatic rings. The molecule has 0 bridgehead atoms. The van der Waals surface area contributed by atoms with E-state index in [1.807, 2.05) is 20.2 Å². The summed E-state index contributed by atoms with van der Waals surface area (Å²) in [6.45, 7) is 3.56. The Morgan fingerprint density at radius 2 is 2.42 bits per heavy atom. The Labute approximate surface area is 113 Å². The van der Waals surface area contributed by atoms with Crippen molar-refractivity contribution in [2.75, 3.05) is 6.54 Å². The van der Waals surface area contributed by atoms with Crippen molar-refractivity contribution in [1.29, 1.82) is 0 Å². The topological polar surface area (TPSA) is 59.0 Å². The third-order valence-corrected chi connectivity index (χ3v) is 4.60. The van der Waals surface area contributed by atoms with Crippen molar-refractivity contribution in [3.8, 4) is 0 Å². The van der Waals surface area contributed by atoms with Crippen LogP contribution in [0.4, 0.5) is 0 Å². The molecule has 1 saturated heterocycles. The summed E-state index contributed by atoms with van der Waals surface area (Å²) >= 11 is 0. The second kappa shape index (κ2) is 4.96. The molecular weight excluding hydrogens is 240 g/mol. The van der Waals surface area contributed by atoms with Crippen LogP contribution in [0.1, 0.15) is 30.5 Å². The van der Waals surface area contributed by atoms with Crippen molar-refractivity contribution in [2.45, 2.75) is 38.8 Å². The van der Waals surface area contributed by atoms with Crippen LogP contribution in [0.25, 0.3) is 0 Å². The van der Waals surface area contributed by atoms with E-state index in [4.69, 9.17) is 0 Å². The molecule has 0 aromatic carbocycles. The zero-order valence-electron chi connectivity index (χ0n) is 11.6. The molecule has 5 nitrogen and oxygen atoms in total. The zero-order chi connectivity index (χ0) is 13.4. The van der Waals surface area contributed by atoms with Crippen LogP contribution in [-0.4, -0.2) is 28.3 Å². The number of carbonyl (C=O) groups is 1. The first-order valence-electron chi connectivity index (χ1n) is 7.15. The lowest BCUT2D eigenvalue weighted by molar-refractivity contribution is -0.123. The number of fused-ring (bicyclic) bond motifs is 1. The molecule has 3 unspecified atom stereocenters. The van der Waals surface area contributed by atoms with Crippen LogP contribution in [-0.2, 0) is 18.4 Å². The van der Waals surface area contributed by atoms with Gasteiger partial charge in [0.1, 0.15) is 0 Å². The molecule has 2 aliphatic rings. The van der Waals surface area contributed by atoms with Gasteiger partial charge in [-0.25, -0.2) is 0 Å². The normalized spacial score (nSPS) is 29.5. The number of amides is 1. The molecule has 2 fully saturated rings. The smallest absolute Gasteiger partial charge is 0.237 e. The predicted octanol–water partition coefficient (Wildman–Crippen LogP) is 0.733. The fourth-order valence-corrected chi connectivity index (χ4v) is 3.59. The fourth-order valence-electron chi connectivity index (χ4n) is 3.59. The van der Waals surface area contributed by atoms with Gasteiger partial charge in [-0.05, 0) is 38.1 Å². The summed E-state index contributed by atoms with van der Waals surface area (Å²) in [6, 6.07) is 0.0180. The zero-order valence-corrected chi connectivity index (χ0v) is 11.6. The molecule has 2 N–H and O–H groups in total. The Balaban J connectivity index is 1.58. The fraction of sp³-hybridized carbons (Fsp3) is 0.714. The molecule has 0 radical (unpaired) electrons. The van der Waals surface area contributed by atoms with E-state index in [1.165, 1.54) is 19.3 Å². The van der Waals surface area contributed by atoms with E-state index < -0.39 is 0 Å². The average Bonchev–Trinajstić information content (AvgIpc) is 3.01. The van der Waals surface area contributed by atoms with Crippen LogP contribution in [0, 0.1) is 18.8 Å². The highest BCUT2D eigenvalue weighted by Crippen LogP contribution is 2.37. The number of rotatable bonds is 3. The van der Waals surface area contributed by atoms with Gasteiger partial charge < -0.3 is 10.6 Å². The van der Waals surface area contributed by atoms with Crippen LogP contribution in [0.5, 0.6) is 0 Å². The third-order valence-electron chi connectivity index (χ3n) is 4.60. The van der Waals surface area contributed by atoms with Crippen LogP contribution in [0.2, 0.25) is 0 Å². The first kappa shape index (κ1) is 12.7. The highest BCUT2D eigenvalue weighted by Gasteiger charge is 2.42. The summed E-state index contributed by atoms with van der Waals surface area (Å²) in [5, 5.41) is 10.7. The molecule has 0 spiro atoms. The van der Waals surface area contributed by atoms with E-state index in [-0.39, 0.29) is 11.9 Å². The van der Waals surface area contributed by atoms with Crippen LogP contribution < -0.4 is 10.6 Å². The molecule has 5 heteroatoms. The summed E-state index contributed by atoms with van der Waals surface area (Å²) in [7, 11) is 1.90. The predicted molar refractivity (Wildman–Crippen MR) is 72.4 cm³/mol. The largest absolute Gasteiger partial charge is 0.351 e. The molecule has 3 rings (SSSR count). The van der Waals surface area contributed by atoms with Crippen LogP contribution >= 0.6 is 0 Å². The van der Waals surface area contributed by atoms with Gasteiger partial charge in [-0.15, -0.1) is 0 Å². The van der Waals surface area contributed by atoms with Crippen molar-refractivity contribution in [2.24, 2.45) is 18.9 Å². The molecule has 1 amide bonds. The number of nitrogens with zero attached hydrogens (tertiary/aromatic N) is 2. The molecule has 1 aromatic heterocycles. The summed E-state index contributed by atoms with van der Waals surface area (Å²) in [6.07, 6.45) is 5.73. The number of aromatic nitrogens is 2. The standard InChI is InChI=1S/C14H22N4O/c1-9-11(8-18(2)17-9)7-16-14(19)13-12-5-3-4-10(12)6-15-13/h8,10,12-13,15H,3-7H2,1-2H3,(H,16,19). The highest BCUT2D eigenvalue weighted by atomic mass is 16.2. The molecule has 2 heterocycles. The van der Waals surface area contributed by atoms with E-state index in [1.54, 1.807) is 4.68 Å². The molecule has 1 aliphatic heterocycles. The van der Waals surface area contributed by atoms with E-state index in [0.717, 1.165) is 23.7 Å². The Morgan fingerprint density at radius 1 is 1.58 bits per heavy atom. The average molecular weight is 262 g/mol. The third kappa shape index (κ3) is 2.39. The maximum absolute atomic E-state index is 12.3. The van der Waals surface area contributed by atoms with Gasteiger partial charge in [0.15, 0.2) is 0 Å². The van der Waals surface area contributed by atoms with Crippen molar-refractivity contribution < 1.29 is 4.79 Å². The monoisotopic (exact) mass is 262 g/mol. The molecular formula is C14H22N4O. The Hall–Kier alpha value is -1.36. The summed E-state index contributed by atoms with van der Waals surface area (Å²) in [5.41, 5.74) is 2.08. The minimum atomic E-state index is 0.0180. The molecule has 1 aliphatic carbocycles. The van der Waals surface area contributed by atoms with Gasteiger partial charge in [0, 0.05) is 25.4 Å². The van der Waals surface area contributed by atoms with Crippen LogP contribution in [0.3, 0.4) is 0 Å². The van der Waals surface area contributed by atoms with Gasteiger partial charge in [0.2, 0.25) is 5.91 Å². The SMILES string of the molecule is Cc1nn(C)cc1CNC(=O)C1NCC2CCCC21. The van der Waals surface area contributed by atoms with Crippen molar-refractivity contribution in [1.82, 2.24) is 20.4 Å². The molecule has 104 valence electrons. The van der Waals surface area contributed by atoms with Gasteiger partial charge in [-0.1, -0.05) is 6.42 Å². The highest BCUT2D eigenvalue weighted by molar-refractivity contribution is 5.82. The van der Waals surface area contributed by atoms with Gasteiger partial charge in [0.25, 0.3) is 0 Å². The summed E-state index contributed by atoms with van der Waals surface area (Å²) in [5.74, 6) is 1.42. The Morgan fingerprint density at radius 3 is 3.16 bits per heavy atom. The summed E-state index contributed by atoms with van der Waals surface area (Å²) < 4.78 is 1.79. The minimum absolute atomic E-state index is 0.0180. The molecule has 19 heavy (non-hydrogen) atoms. The van der Waals surface area contributed by atoms with Crippen LogP contribution in [0.15, 0.2) is 6.20 Å². The van der Waals surface area contributed by atoms with Crippen molar-refractivity contribution in [3.05, 3.63) is 17.5 Å². The lowest BCUT2D eigenvalue weighted by atomic mass is 9.93. The lowest BCUT2D eigenvalue weighted by Gasteiger charge is -2.17. The Bertz CT molecular complexity index is 482. The Kier molecular flexibility index (Phi) is 3.31. The second-order valence-corrected chi connectivity index (χ2v) is 5.87. The van der Waals surface area contributed by atoms with E-state index in [9.17, 15) is 4.79 Å². The number of hydrogen-bond donors (Lipinski definition) is 2. The number of nitrogens with one attached hydrogen (secondary N) is 2. The van der Waals surface area contributed by atoms with Gasteiger partial charge in [0.05, 0.1) is 11.7 Å². The summed E-state index contributed by atoms with van der Waals surface area (Å²) in [4.78, 5) is 12.3. The van der Waals surface area contributed by atoms with E-state index in [2.05, 4.69) is 15.7 Å². The maximum Gasteiger partial charge on any atom is 0.237 e. The van der Waals surface area contributed by atoms with Gasteiger partial charge >= 0.3 is 0 Å². The molecule has 1 saturated carbocycles.